The van der Waals surface area contributed by atoms with Crippen LogP contribution in [0.1, 0.15) is 18.1 Å². The maximum Gasteiger partial charge on any atom is 0.329 e. The summed E-state index contributed by atoms with van der Waals surface area (Å²) in [6.45, 7) is 0.625. The van der Waals surface area contributed by atoms with Crippen molar-refractivity contribution in [2.24, 2.45) is 0 Å². The highest BCUT2D eigenvalue weighted by molar-refractivity contribution is 5.53. The third-order valence-corrected chi connectivity index (χ3v) is 3.53. The highest BCUT2D eigenvalue weighted by Gasteiger charge is 2.30. The van der Waals surface area contributed by atoms with E-state index < -0.39 is 4.92 Å². The summed E-state index contributed by atoms with van der Waals surface area (Å²) in [4.78, 5) is 18.0. The number of nitro groups is 1. The summed E-state index contributed by atoms with van der Waals surface area (Å²) in [6, 6.07) is 9.83. The maximum atomic E-state index is 10.7. The lowest BCUT2D eigenvalue weighted by atomic mass is 10.0. The number of benzene rings is 1. The van der Waals surface area contributed by atoms with Gasteiger partial charge in [-0.3, -0.25) is 10.1 Å². The molecular weight excluding hydrogens is 286 g/mol. The molecule has 0 bridgehead atoms. The second-order valence-corrected chi connectivity index (χ2v) is 4.96. The first-order valence-corrected chi connectivity index (χ1v) is 6.85. The molecule has 8 heteroatoms. The summed E-state index contributed by atoms with van der Waals surface area (Å²) >= 11 is 0. The van der Waals surface area contributed by atoms with Crippen LogP contribution in [0.15, 0.2) is 36.5 Å². The molecule has 0 spiro atoms. The second-order valence-electron chi connectivity index (χ2n) is 4.96. The van der Waals surface area contributed by atoms with Gasteiger partial charge in [0.15, 0.2) is 0 Å². The Balaban J connectivity index is 1.78. The van der Waals surface area contributed by atoms with E-state index in [1.165, 1.54) is 0 Å². The van der Waals surface area contributed by atoms with Gasteiger partial charge in [-0.2, -0.15) is 4.98 Å². The number of nitrogens with two attached hydrogens (primary N) is 1. The van der Waals surface area contributed by atoms with Gasteiger partial charge in [0.2, 0.25) is 11.8 Å². The predicted molar refractivity (Wildman–Crippen MR) is 80.3 cm³/mol. The first-order chi connectivity index (χ1) is 10.6. The van der Waals surface area contributed by atoms with Gasteiger partial charge < -0.3 is 15.8 Å². The van der Waals surface area contributed by atoms with E-state index in [9.17, 15) is 10.1 Å². The van der Waals surface area contributed by atoms with Crippen LogP contribution in [0.25, 0.3) is 0 Å². The molecule has 1 aromatic heterocycles. The summed E-state index contributed by atoms with van der Waals surface area (Å²) in [6.07, 6.45) is 1.79. The molecule has 1 aromatic carbocycles. The molecule has 0 amide bonds. The summed E-state index contributed by atoms with van der Waals surface area (Å²) in [5.74, 6) is 0.109. The smallest absolute Gasteiger partial charge is 0.329 e. The van der Waals surface area contributed by atoms with Gasteiger partial charge in [-0.05, 0) is 12.0 Å². The Labute approximate surface area is 126 Å². The quantitative estimate of drug-likeness (QED) is 0.654. The Morgan fingerprint density at radius 1 is 1.36 bits per heavy atom. The van der Waals surface area contributed by atoms with Crippen molar-refractivity contribution < 1.29 is 9.66 Å². The minimum Gasteiger partial charge on any atom is -0.378 e. The van der Waals surface area contributed by atoms with E-state index in [4.69, 9.17) is 10.5 Å². The summed E-state index contributed by atoms with van der Waals surface area (Å²) in [7, 11) is 0. The highest BCUT2D eigenvalue weighted by atomic mass is 16.6. The van der Waals surface area contributed by atoms with Crippen LogP contribution in [-0.2, 0) is 4.74 Å². The van der Waals surface area contributed by atoms with Gasteiger partial charge in [0.05, 0.1) is 11.0 Å². The average Bonchev–Trinajstić information content (AvgIpc) is 2.96. The van der Waals surface area contributed by atoms with Crippen molar-refractivity contribution in [2.75, 3.05) is 17.7 Å². The van der Waals surface area contributed by atoms with Crippen molar-refractivity contribution in [3.63, 3.8) is 0 Å². The van der Waals surface area contributed by atoms with Gasteiger partial charge in [0, 0.05) is 6.61 Å². The SMILES string of the molecule is Nc1nc(N[C@H]2CCO[C@@H]2c2ccccc2)ncc1[N+](=O)[O-]. The van der Waals surface area contributed by atoms with Crippen LogP contribution in [0.3, 0.4) is 0 Å². The molecule has 3 N–H and O–H groups in total. The predicted octanol–water partition coefficient (Wildman–Crippen LogP) is 1.91. The molecule has 1 saturated heterocycles. The zero-order valence-electron chi connectivity index (χ0n) is 11.7. The van der Waals surface area contributed by atoms with Gasteiger partial charge in [0.25, 0.3) is 0 Å². The van der Waals surface area contributed by atoms with E-state index in [2.05, 4.69) is 15.3 Å². The maximum absolute atomic E-state index is 10.7. The Kier molecular flexibility index (Phi) is 3.84. The van der Waals surface area contributed by atoms with E-state index in [0.29, 0.717) is 6.61 Å². The van der Waals surface area contributed by atoms with Crippen LogP contribution >= 0.6 is 0 Å². The van der Waals surface area contributed by atoms with Crippen molar-refractivity contribution in [1.82, 2.24) is 9.97 Å². The van der Waals surface area contributed by atoms with Crippen molar-refractivity contribution in [3.8, 4) is 0 Å². The molecule has 2 atom stereocenters. The summed E-state index contributed by atoms with van der Waals surface area (Å²) in [5, 5.41) is 13.9. The molecule has 114 valence electrons. The fourth-order valence-electron chi connectivity index (χ4n) is 2.47. The Morgan fingerprint density at radius 2 is 2.14 bits per heavy atom. The number of nitrogen functional groups attached to an aromatic ring is 1. The average molecular weight is 301 g/mol. The fraction of sp³-hybridized carbons (Fsp3) is 0.286. The van der Waals surface area contributed by atoms with Crippen LogP contribution in [-0.4, -0.2) is 27.5 Å². The number of aromatic nitrogens is 2. The van der Waals surface area contributed by atoms with Crippen LogP contribution in [0.2, 0.25) is 0 Å². The van der Waals surface area contributed by atoms with Gasteiger partial charge in [-0.15, -0.1) is 0 Å². The van der Waals surface area contributed by atoms with E-state index in [1.807, 2.05) is 30.3 Å². The molecule has 0 unspecified atom stereocenters. The zero-order chi connectivity index (χ0) is 15.5. The van der Waals surface area contributed by atoms with Gasteiger partial charge >= 0.3 is 5.69 Å². The molecule has 1 fully saturated rings. The Morgan fingerprint density at radius 3 is 2.82 bits per heavy atom. The van der Waals surface area contributed by atoms with Crippen LogP contribution in [0, 0.1) is 10.1 Å². The molecule has 3 rings (SSSR count). The van der Waals surface area contributed by atoms with Crippen LogP contribution in [0.4, 0.5) is 17.5 Å². The van der Waals surface area contributed by atoms with Crippen LogP contribution in [0.5, 0.6) is 0 Å². The summed E-state index contributed by atoms with van der Waals surface area (Å²) in [5.41, 5.74) is 6.34. The minimum atomic E-state index is -0.607. The third kappa shape index (κ3) is 2.82. The fourth-order valence-corrected chi connectivity index (χ4v) is 2.47. The molecule has 1 aliphatic heterocycles. The molecule has 0 aliphatic carbocycles. The number of ether oxygens (including phenoxy) is 1. The number of anilines is 2. The van der Waals surface area contributed by atoms with Crippen molar-refractivity contribution in [2.45, 2.75) is 18.6 Å². The van der Waals surface area contributed by atoms with E-state index in [0.717, 1.165) is 18.2 Å². The number of rotatable bonds is 4. The molecule has 2 aromatic rings. The third-order valence-electron chi connectivity index (χ3n) is 3.53. The zero-order valence-corrected chi connectivity index (χ0v) is 11.7. The molecule has 2 heterocycles. The summed E-state index contributed by atoms with van der Waals surface area (Å²) < 4.78 is 5.76. The van der Waals surface area contributed by atoms with Gasteiger partial charge in [0.1, 0.15) is 12.3 Å². The Bertz CT molecular complexity index is 679. The molecule has 1 aliphatic rings. The highest BCUT2D eigenvalue weighted by Crippen LogP contribution is 2.31. The lowest BCUT2D eigenvalue weighted by Gasteiger charge is -2.20. The Hall–Kier alpha value is -2.74. The van der Waals surface area contributed by atoms with Crippen molar-refractivity contribution in [1.29, 1.82) is 0 Å². The monoisotopic (exact) mass is 301 g/mol. The number of hydrogen-bond acceptors (Lipinski definition) is 7. The number of nitrogens with one attached hydrogen (secondary N) is 1. The largest absolute Gasteiger partial charge is 0.378 e. The molecule has 0 saturated carbocycles. The van der Waals surface area contributed by atoms with Crippen molar-refractivity contribution >= 4 is 17.5 Å². The number of nitrogens with zero attached hydrogens (tertiary/aromatic N) is 3. The van der Waals surface area contributed by atoms with Crippen molar-refractivity contribution in [3.05, 3.63) is 52.2 Å². The molecular formula is C14H15N5O3. The first-order valence-electron chi connectivity index (χ1n) is 6.85. The van der Waals surface area contributed by atoms with E-state index in [1.54, 1.807) is 0 Å². The lowest BCUT2D eigenvalue weighted by molar-refractivity contribution is -0.384. The van der Waals surface area contributed by atoms with Gasteiger partial charge in [-0.1, -0.05) is 30.3 Å². The standard InChI is InChI=1S/C14H15N5O3/c15-13-11(19(20)21)8-16-14(18-13)17-10-6-7-22-12(10)9-4-2-1-3-5-9/h1-5,8,10,12H,6-7H2,(H3,15,16,17,18)/t10-,12+/m0/s1. The van der Waals surface area contributed by atoms with Gasteiger partial charge in [-0.25, -0.2) is 4.98 Å². The molecule has 8 nitrogen and oxygen atoms in total. The normalized spacial score (nSPS) is 20.7. The minimum absolute atomic E-state index is 0.0109. The number of hydrogen-bond donors (Lipinski definition) is 2. The van der Waals surface area contributed by atoms with E-state index >= 15 is 0 Å². The topological polar surface area (TPSA) is 116 Å². The lowest BCUT2D eigenvalue weighted by Crippen LogP contribution is -2.24. The second kappa shape index (κ2) is 5.94. The van der Waals surface area contributed by atoms with E-state index in [-0.39, 0.29) is 29.6 Å². The molecule has 0 radical (unpaired) electrons. The van der Waals surface area contributed by atoms with Crippen LogP contribution < -0.4 is 11.1 Å². The first kappa shape index (κ1) is 14.2. The molecule has 22 heavy (non-hydrogen) atoms.